The fourth-order valence-corrected chi connectivity index (χ4v) is 1.79. The van der Waals surface area contributed by atoms with Gasteiger partial charge in [0.15, 0.2) is 0 Å². The highest BCUT2D eigenvalue weighted by atomic mass is 32.2. The number of aromatic carboxylic acids is 1. The van der Waals surface area contributed by atoms with Gasteiger partial charge in [-0.15, -0.1) is 0 Å². The molecule has 0 saturated carbocycles. The summed E-state index contributed by atoms with van der Waals surface area (Å²) in [6, 6.07) is 3.01. The summed E-state index contributed by atoms with van der Waals surface area (Å²) in [5.74, 6) is -1.36. The molecule has 1 rings (SSSR count). The summed E-state index contributed by atoms with van der Waals surface area (Å²) in [5.41, 5.74) is 0.120. The van der Waals surface area contributed by atoms with Gasteiger partial charge in [-0.3, -0.25) is 4.79 Å². The van der Waals surface area contributed by atoms with E-state index in [1.807, 2.05) is 0 Å². The van der Waals surface area contributed by atoms with Crippen molar-refractivity contribution in [1.82, 2.24) is 4.98 Å². The molecule has 0 amide bonds. The number of carbonyl (C=O) groups excluding carboxylic acids is 1. The molecule has 1 N–H and O–H groups in total. The number of thioether (sulfide) groups is 1. The van der Waals surface area contributed by atoms with Crippen LogP contribution in [-0.2, 0) is 9.53 Å². The number of nitrogens with zero attached hydrogens (tertiary/aromatic N) is 1. The molecule has 1 aromatic rings. The van der Waals surface area contributed by atoms with Crippen LogP contribution in [0.4, 0.5) is 0 Å². The molecule has 0 spiro atoms. The third-order valence-corrected chi connectivity index (χ3v) is 2.84. The monoisotopic (exact) mass is 241 g/mol. The second-order valence-corrected chi connectivity index (χ2v) is 4.33. The number of aromatic nitrogens is 1. The molecular weight excluding hydrogens is 230 g/mol. The number of carboxylic acids is 1. The first-order valence-electron chi connectivity index (χ1n) is 4.48. The smallest absolute Gasteiger partial charge is 0.337 e. The molecule has 1 unspecified atom stereocenters. The number of pyridine rings is 1. The third-order valence-electron chi connectivity index (χ3n) is 1.81. The van der Waals surface area contributed by atoms with E-state index < -0.39 is 5.97 Å². The van der Waals surface area contributed by atoms with E-state index in [1.54, 1.807) is 13.0 Å². The molecule has 0 saturated heterocycles. The molecule has 0 aliphatic rings. The van der Waals surface area contributed by atoms with Crippen molar-refractivity contribution in [3.8, 4) is 0 Å². The van der Waals surface area contributed by atoms with E-state index in [0.717, 1.165) is 0 Å². The lowest BCUT2D eigenvalue weighted by molar-refractivity contribution is -0.139. The zero-order chi connectivity index (χ0) is 12.1. The minimum atomic E-state index is -1.02. The van der Waals surface area contributed by atoms with Crippen molar-refractivity contribution in [2.75, 3.05) is 7.11 Å². The Morgan fingerprint density at radius 3 is 2.62 bits per heavy atom. The largest absolute Gasteiger partial charge is 0.478 e. The molecule has 6 heteroatoms. The molecule has 0 radical (unpaired) electrons. The molecule has 0 aliphatic carbocycles. The number of ether oxygens (including phenoxy) is 1. The van der Waals surface area contributed by atoms with Gasteiger partial charge < -0.3 is 9.84 Å². The second-order valence-electron chi connectivity index (χ2n) is 2.97. The Bertz CT molecular complexity index is 390. The standard InChI is InChI=1S/C10H11NO4S/c1-6(10(14)15-2)16-8-4-3-7(5-11-8)9(12)13/h3-6H,1-2H3,(H,12,13). The molecule has 1 heterocycles. The fraction of sp³-hybridized carbons (Fsp3) is 0.300. The van der Waals surface area contributed by atoms with Gasteiger partial charge in [0.25, 0.3) is 0 Å². The number of carboxylic acid groups (broad SMARTS) is 1. The predicted molar refractivity (Wildman–Crippen MR) is 58.5 cm³/mol. The van der Waals surface area contributed by atoms with E-state index in [-0.39, 0.29) is 16.8 Å². The maximum atomic E-state index is 11.1. The average Bonchev–Trinajstić information content (AvgIpc) is 2.28. The highest BCUT2D eigenvalue weighted by molar-refractivity contribution is 8.00. The highest BCUT2D eigenvalue weighted by Gasteiger charge is 2.15. The third kappa shape index (κ3) is 3.23. The Morgan fingerprint density at radius 1 is 1.50 bits per heavy atom. The van der Waals surface area contributed by atoms with Crippen LogP contribution in [-0.4, -0.2) is 34.4 Å². The summed E-state index contributed by atoms with van der Waals surface area (Å²) >= 11 is 1.22. The topological polar surface area (TPSA) is 76.5 Å². The molecule has 0 bridgehead atoms. The van der Waals surface area contributed by atoms with Crippen molar-refractivity contribution < 1.29 is 19.4 Å². The zero-order valence-corrected chi connectivity index (χ0v) is 9.65. The molecule has 1 aromatic heterocycles. The summed E-state index contributed by atoms with van der Waals surface area (Å²) in [4.78, 5) is 25.6. The van der Waals surface area contributed by atoms with Gasteiger partial charge >= 0.3 is 11.9 Å². The Morgan fingerprint density at radius 2 is 2.19 bits per heavy atom. The molecule has 86 valence electrons. The Balaban J connectivity index is 2.68. The van der Waals surface area contributed by atoms with Gasteiger partial charge in [-0.2, -0.15) is 0 Å². The summed E-state index contributed by atoms with van der Waals surface area (Å²) in [7, 11) is 1.32. The number of esters is 1. The fourth-order valence-electron chi connectivity index (χ4n) is 0.972. The van der Waals surface area contributed by atoms with Crippen molar-refractivity contribution in [1.29, 1.82) is 0 Å². The van der Waals surface area contributed by atoms with Gasteiger partial charge in [0, 0.05) is 6.20 Å². The van der Waals surface area contributed by atoms with Gasteiger partial charge in [0.05, 0.1) is 17.7 Å². The minimum absolute atomic E-state index is 0.120. The SMILES string of the molecule is COC(=O)C(C)Sc1ccc(C(=O)O)cn1. The first-order chi connectivity index (χ1) is 7.54. The Kier molecular flexibility index (Phi) is 4.30. The van der Waals surface area contributed by atoms with Crippen molar-refractivity contribution in [2.45, 2.75) is 17.2 Å². The van der Waals surface area contributed by atoms with Gasteiger partial charge in [-0.05, 0) is 19.1 Å². The van der Waals surface area contributed by atoms with Crippen LogP contribution in [0.1, 0.15) is 17.3 Å². The summed E-state index contributed by atoms with van der Waals surface area (Å²) in [5, 5.41) is 8.88. The summed E-state index contributed by atoms with van der Waals surface area (Å²) < 4.78 is 4.56. The van der Waals surface area contributed by atoms with Crippen LogP contribution in [0.15, 0.2) is 23.4 Å². The molecule has 1 atom stereocenters. The number of rotatable bonds is 4. The number of methoxy groups -OCH3 is 1. The first-order valence-corrected chi connectivity index (χ1v) is 5.36. The average molecular weight is 241 g/mol. The number of hydrogen-bond donors (Lipinski definition) is 1. The minimum Gasteiger partial charge on any atom is -0.478 e. The van der Waals surface area contributed by atoms with E-state index in [1.165, 1.54) is 31.1 Å². The molecule has 0 fully saturated rings. The lowest BCUT2D eigenvalue weighted by Gasteiger charge is -2.07. The quantitative estimate of drug-likeness (QED) is 0.634. The molecule has 16 heavy (non-hydrogen) atoms. The van der Waals surface area contributed by atoms with Crippen molar-refractivity contribution in [3.05, 3.63) is 23.9 Å². The van der Waals surface area contributed by atoms with Gasteiger partial charge in [-0.1, -0.05) is 11.8 Å². The summed E-state index contributed by atoms with van der Waals surface area (Å²) in [6.45, 7) is 1.70. The number of hydrogen-bond acceptors (Lipinski definition) is 5. The van der Waals surface area contributed by atoms with Crippen LogP contribution in [0, 0.1) is 0 Å². The van der Waals surface area contributed by atoms with Gasteiger partial charge in [0.2, 0.25) is 0 Å². The lowest BCUT2D eigenvalue weighted by atomic mass is 10.3. The lowest BCUT2D eigenvalue weighted by Crippen LogP contribution is -2.14. The van der Waals surface area contributed by atoms with Crippen LogP contribution in [0.2, 0.25) is 0 Å². The van der Waals surface area contributed by atoms with Crippen LogP contribution in [0.25, 0.3) is 0 Å². The van der Waals surface area contributed by atoms with E-state index in [2.05, 4.69) is 9.72 Å². The molecular formula is C10H11NO4S. The first kappa shape index (κ1) is 12.5. The number of carbonyl (C=O) groups is 2. The summed E-state index contributed by atoms with van der Waals surface area (Å²) in [6.07, 6.45) is 1.26. The van der Waals surface area contributed by atoms with Gasteiger partial charge in [-0.25, -0.2) is 9.78 Å². The Labute approximate surface area is 96.8 Å². The van der Waals surface area contributed by atoms with Crippen molar-refractivity contribution >= 4 is 23.7 Å². The maximum absolute atomic E-state index is 11.1. The van der Waals surface area contributed by atoms with Crippen LogP contribution in [0.3, 0.4) is 0 Å². The van der Waals surface area contributed by atoms with E-state index >= 15 is 0 Å². The molecule has 0 aliphatic heterocycles. The van der Waals surface area contributed by atoms with Crippen molar-refractivity contribution in [3.63, 3.8) is 0 Å². The van der Waals surface area contributed by atoms with E-state index in [9.17, 15) is 9.59 Å². The Hall–Kier alpha value is -1.56. The van der Waals surface area contributed by atoms with Crippen LogP contribution < -0.4 is 0 Å². The highest BCUT2D eigenvalue weighted by Crippen LogP contribution is 2.21. The van der Waals surface area contributed by atoms with E-state index in [4.69, 9.17) is 5.11 Å². The zero-order valence-electron chi connectivity index (χ0n) is 8.84. The second kappa shape index (κ2) is 5.50. The van der Waals surface area contributed by atoms with Gasteiger partial charge in [0.1, 0.15) is 5.25 Å². The maximum Gasteiger partial charge on any atom is 0.337 e. The van der Waals surface area contributed by atoms with Crippen molar-refractivity contribution in [2.24, 2.45) is 0 Å². The molecule has 5 nitrogen and oxygen atoms in total. The van der Waals surface area contributed by atoms with Crippen LogP contribution in [0.5, 0.6) is 0 Å². The van der Waals surface area contributed by atoms with Crippen LogP contribution >= 0.6 is 11.8 Å². The normalized spacial score (nSPS) is 11.9. The molecule has 0 aromatic carbocycles. The predicted octanol–water partition coefficient (Wildman–Crippen LogP) is 1.43. The van der Waals surface area contributed by atoms with E-state index in [0.29, 0.717) is 5.03 Å².